The van der Waals surface area contributed by atoms with Gasteiger partial charge in [-0.2, -0.15) is 0 Å². The van der Waals surface area contributed by atoms with Crippen LogP contribution in [0.4, 0.5) is 5.82 Å². The Balaban J connectivity index is 1.70. The number of carbonyl (C=O) groups is 1. The third kappa shape index (κ3) is 4.69. The van der Waals surface area contributed by atoms with Crippen LogP contribution in [0.2, 0.25) is 0 Å². The summed E-state index contributed by atoms with van der Waals surface area (Å²) < 4.78 is 22.6. The van der Waals surface area contributed by atoms with Crippen LogP contribution in [-0.2, 0) is 16.4 Å². The minimum absolute atomic E-state index is 0.134. The van der Waals surface area contributed by atoms with Crippen molar-refractivity contribution in [2.45, 2.75) is 6.42 Å². The molecule has 0 saturated heterocycles. The van der Waals surface area contributed by atoms with Crippen LogP contribution in [0.5, 0.6) is 0 Å². The molecule has 0 aliphatic carbocycles. The van der Waals surface area contributed by atoms with Crippen LogP contribution in [0.1, 0.15) is 15.9 Å². The van der Waals surface area contributed by atoms with Crippen LogP contribution >= 0.6 is 23.6 Å². The van der Waals surface area contributed by atoms with E-state index in [0.29, 0.717) is 21.8 Å². The number of carbonyl (C=O) groups excluding carboxylic acids is 1. The molecule has 4 N–H and O–H groups in total. The Labute approximate surface area is 153 Å². The summed E-state index contributed by atoms with van der Waals surface area (Å²) in [6, 6.07) is 10.2. The predicted octanol–water partition coefficient (Wildman–Crippen LogP) is 2.44. The molecule has 130 valence electrons. The number of rotatable bonds is 5. The summed E-state index contributed by atoms with van der Waals surface area (Å²) in [6.07, 6.45) is 0.303. The molecule has 1 amide bonds. The monoisotopic (exact) mass is 394 g/mol. The minimum Gasteiger partial charge on any atom is -0.336 e. The Bertz CT molecular complexity index is 1090. The van der Waals surface area contributed by atoms with Crippen molar-refractivity contribution in [2.75, 3.05) is 11.1 Å². The van der Waals surface area contributed by atoms with E-state index in [1.165, 1.54) is 11.3 Å². The lowest BCUT2D eigenvalue weighted by Gasteiger charge is -2.06. The molecule has 7 nitrogen and oxygen atoms in total. The highest BCUT2D eigenvalue weighted by Crippen LogP contribution is 2.19. The number of fused-ring (bicyclic) bond motifs is 1. The van der Waals surface area contributed by atoms with Gasteiger partial charge in [0.1, 0.15) is 10.6 Å². The van der Waals surface area contributed by atoms with Gasteiger partial charge in [-0.15, -0.1) is 0 Å². The van der Waals surface area contributed by atoms with Gasteiger partial charge >= 0.3 is 0 Å². The number of aromatic amines is 1. The lowest BCUT2D eigenvalue weighted by Crippen LogP contribution is -2.18. The van der Waals surface area contributed by atoms with Crippen molar-refractivity contribution in [3.05, 3.63) is 51.5 Å². The third-order valence-electron chi connectivity index (χ3n) is 3.42. The number of amides is 1. The molecule has 0 radical (unpaired) electrons. The number of nitrogens with two attached hydrogens (primary N) is 1. The van der Waals surface area contributed by atoms with Crippen molar-refractivity contribution >= 4 is 55.7 Å². The molecule has 0 aliphatic rings. The third-order valence-corrected chi connectivity index (χ3v) is 5.34. The maximum Gasteiger partial charge on any atom is 0.256 e. The fraction of sp³-hybridized carbons (Fsp3) is 0.133. The minimum atomic E-state index is -3.50. The van der Waals surface area contributed by atoms with Gasteiger partial charge in [-0.3, -0.25) is 4.79 Å². The highest BCUT2D eigenvalue weighted by atomic mass is 32.2. The van der Waals surface area contributed by atoms with Crippen LogP contribution in [-0.4, -0.2) is 30.0 Å². The number of sulfonamides is 1. The van der Waals surface area contributed by atoms with E-state index in [-0.39, 0.29) is 11.7 Å². The van der Waals surface area contributed by atoms with Crippen molar-refractivity contribution in [3.63, 3.8) is 0 Å². The first-order chi connectivity index (χ1) is 11.8. The second-order valence-corrected chi connectivity index (χ2v) is 8.73. The number of aryl methyl sites for hydroxylation is 1. The number of thiazole rings is 1. The number of primary sulfonamides is 1. The lowest BCUT2D eigenvalue weighted by molar-refractivity contribution is 0.102. The van der Waals surface area contributed by atoms with Gasteiger partial charge < -0.3 is 10.3 Å². The smallest absolute Gasteiger partial charge is 0.256 e. The zero-order valence-corrected chi connectivity index (χ0v) is 15.3. The molecular formula is C15H14N4O3S3. The van der Waals surface area contributed by atoms with E-state index in [4.69, 9.17) is 17.4 Å². The summed E-state index contributed by atoms with van der Waals surface area (Å²) in [6.45, 7) is 0. The molecule has 0 unspecified atom stereocenters. The van der Waals surface area contributed by atoms with Crippen molar-refractivity contribution in [2.24, 2.45) is 5.14 Å². The molecule has 0 aliphatic heterocycles. The SMILES string of the molecule is NS(=O)(=O)CCc1ccc(C(=O)Nc2ccc3[nH]c(=S)sc3n2)cc1. The summed E-state index contributed by atoms with van der Waals surface area (Å²) in [5.74, 6) is -0.00412. The fourth-order valence-corrected chi connectivity index (χ4v) is 3.75. The molecule has 2 heterocycles. The normalized spacial score (nSPS) is 11.6. The number of pyridine rings is 1. The van der Waals surface area contributed by atoms with Gasteiger partial charge in [0.25, 0.3) is 5.91 Å². The van der Waals surface area contributed by atoms with Gasteiger partial charge in [0.2, 0.25) is 10.0 Å². The van der Waals surface area contributed by atoms with Gasteiger partial charge in [-0.1, -0.05) is 23.5 Å². The number of aromatic nitrogens is 2. The van der Waals surface area contributed by atoms with Crippen molar-refractivity contribution < 1.29 is 13.2 Å². The lowest BCUT2D eigenvalue weighted by atomic mass is 10.1. The van der Waals surface area contributed by atoms with Crippen molar-refractivity contribution in [1.29, 1.82) is 0 Å². The standard InChI is InChI=1S/C15H14N4O3S3/c16-25(21,22)8-7-9-1-3-10(4-2-9)13(20)18-12-6-5-11-14(19-12)24-15(23)17-11/h1-6H,7-8H2,(H,17,23)(H2,16,21,22)(H,18,19,20). The van der Waals surface area contributed by atoms with Crippen molar-refractivity contribution in [1.82, 2.24) is 9.97 Å². The van der Waals surface area contributed by atoms with Gasteiger partial charge in [0.15, 0.2) is 3.95 Å². The van der Waals surface area contributed by atoms with Crippen LogP contribution in [0.25, 0.3) is 10.3 Å². The second-order valence-electron chi connectivity index (χ2n) is 5.33. The molecule has 0 saturated carbocycles. The van der Waals surface area contributed by atoms with E-state index in [2.05, 4.69) is 15.3 Å². The zero-order valence-electron chi connectivity index (χ0n) is 12.9. The van der Waals surface area contributed by atoms with E-state index in [1.807, 2.05) is 0 Å². The highest BCUT2D eigenvalue weighted by Gasteiger charge is 2.09. The van der Waals surface area contributed by atoms with E-state index in [1.54, 1.807) is 36.4 Å². The summed E-state index contributed by atoms with van der Waals surface area (Å²) in [5.41, 5.74) is 2.06. The molecule has 0 spiro atoms. The largest absolute Gasteiger partial charge is 0.336 e. The number of hydrogen-bond donors (Lipinski definition) is 3. The molecule has 10 heteroatoms. The van der Waals surface area contributed by atoms with Crippen molar-refractivity contribution in [3.8, 4) is 0 Å². The highest BCUT2D eigenvalue weighted by molar-refractivity contribution is 7.89. The maximum atomic E-state index is 12.3. The van der Waals surface area contributed by atoms with Crippen LogP contribution in [0.3, 0.4) is 0 Å². The first-order valence-electron chi connectivity index (χ1n) is 7.21. The number of nitrogens with zero attached hydrogens (tertiary/aromatic N) is 1. The average Bonchev–Trinajstić information content (AvgIpc) is 2.92. The molecule has 0 atom stereocenters. The number of benzene rings is 1. The molecular weight excluding hydrogens is 380 g/mol. The summed E-state index contributed by atoms with van der Waals surface area (Å²) in [7, 11) is -3.50. The molecule has 0 bridgehead atoms. The first kappa shape index (κ1) is 17.7. The Kier molecular flexibility index (Phi) is 4.95. The van der Waals surface area contributed by atoms with E-state index in [0.717, 1.165) is 15.9 Å². The number of anilines is 1. The molecule has 1 aromatic carbocycles. The van der Waals surface area contributed by atoms with Crippen LogP contribution in [0, 0.1) is 3.95 Å². The fourth-order valence-electron chi connectivity index (χ4n) is 2.18. The Morgan fingerprint density at radius 3 is 2.64 bits per heavy atom. The zero-order chi connectivity index (χ0) is 18.0. The number of H-pyrrole nitrogens is 1. The van der Waals surface area contributed by atoms with Gasteiger partial charge in [-0.25, -0.2) is 18.5 Å². The van der Waals surface area contributed by atoms with E-state index < -0.39 is 10.0 Å². The first-order valence-corrected chi connectivity index (χ1v) is 10.1. The molecule has 25 heavy (non-hydrogen) atoms. The number of hydrogen-bond acceptors (Lipinski definition) is 6. The van der Waals surface area contributed by atoms with Gasteiger partial charge in [-0.05, 0) is 48.5 Å². The molecule has 3 aromatic rings. The Hall–Kier alpha value is -2.14. The van der Waals surface area contributed by atoms with E-state index in [9.17, 15) is 13.2 Å². The molecule has 3 rings (SSSR count). The molecule has 2 aromatic heterocycles. The predicted molar refractivity (Wildman–Crippen MR) is 101 cm³/mol. The van der Waals surface area contributed by atoms with E-state index >= 15 is 0 Å². The van der Waals surface area contributed by atoms with Crippen LogP contribution in [0.15, 0.2) is 36.4 Å². The Morgan fingerprint density at radius 1 is 1.24 bits per heavy atom. The topological polar surface area (TPSA) is 118 Å². The summed E-state index contributed by atoms with van der Waals surface area (Å²) in [5, 5.41) is 7.71. The maximum absolute atomic E-state index is 12.3. The molecule has 0 fully saturated rings. The summed E-state index contributed by atoms with van der Waals surface area (Å²) in [4.78, 5) is 20.4. The van der Waals surface area contributed by atoms with Gasteiger partial charge in [0.05, 0.1) is 11.3 Å². The summed E-state index contributed by atoms with van der Waals surface area (Å²) >= 11 is 6.40. The van der Waals surface area contributed by atoms with Gasteiger partial charge in [0, 0.05) is 5.56 Å². The van der Waals surface area contributed by atoms with Crippen LogP contribution < -0.4 is 10.5 Å². The Morgan fingerprint density at radius 2 is 1.96 bits per heavy atom. The second kappa shape index (κ2) is 7.00. The average molecular weight is 395 g/mol. The quantitative estimate of drug-likeness (QED) is 0.575. The number of nitrogens with one attached hydrogen (secondary N) is 2.